The number of hydrogen-bond acceptors (Lipinski definition) is 3. The van der Waals surface area contributed by atoms with Crippen LogP contribution in [-0.4, -0.2) is 43.1 Å². The molecule has 1 aliphatic carbocycles. The molecule has 0 atom stereocenters. The number of carbonyl (C=O) groups is 2. The largest absolute Gasteiger partial charge is 0.497 e. The Hall–Kier alpha value is -2.24. The summed E-state index contributed by atoms with van der Waals surface area (Å²) in [5.74, 6) is 0.705. The lowest BCUT2D eigenvalue weighted by Crippen LogP contribution is -2.46. The molecule has 6 heteroatoms. The van der Waals surface area contributed by atoms with Crippen molar-refractivity contribution in [2.45, 2.75) is 45.1 Å². The van der Waals surface area contributed by atoms with Crippen LogP contribution in [0.4, 0.5) is 10.5 Å². The minimum Gasteiger partial charge on any atom is -0.497 e. The van der Waals surface area contributed by atoms with Gasteiger partial charge in [0.2, 0.25) is 5.91 Å². The van der Waals surface area contributed by atoms with E-state index in [2.05, 4.69) is 10.6 Å². The number of benzene rings is 1. The van der Waals surface area contributed by atoms with E-state index in [0.717, 1.165) is 18.6 Å². The van der Waals surface area contributed by atoms with Crippen LogP contribution >= 0.6 is 0 Å². The van der Waals surface area contributed by atoms with Crippen molar-refractivity contribution in [3.63, 3.8) is 0 Å². The molecule has 24 heavy (non-hydrogen) atoms. The van der Waals surface area contributed by atoms with Gasteiger partial charge in [0.15, 0.2) is 0 Å². The third kappa shape index (κ3) is 5.15. The van der Waals surface area contributed by atoms with Crippen LogP contribution in [0.1, 0.15) is 39.0 Å². The Morgan fingerprint density at radius 1 is 1.17 bits per heavy atom. The molecular weight excluding hydrogens is 306 g/mol. The van der Waals surface area contributed by atoms with Crippen LogP contribution in [-0.2, 0) is 4.79 Å². The monoisotopic (exact) mass is 333 g/mol. The highest BCUT2D eigenvalue weighted by Gasteiger charge is 2.24. The predicted molar refractivity (Wildman–Crippen MR) is 94.3 cm³/mol. The van der Waals surface area contributed by atoms with Crippen molar-refractivity contribution < 1.29 is 14.3 Å². The maximum atomic E-state index is 12.4. The van der Waals surface area contributed by atoms with Crippen LogP contribution in [0.2, 0.25) is 0 Å². The van der Waals surface area contributed by atoms with Crippen LogP contribution in [0, 0.1) is 0 Å². The summed E-state index contributed by atoms with van der Waals surface area (Å²) in [6.45, 7) is 2.70. The van der Waals surface area contributed by atoms with E-state index >= 15 is 0 Å². The van der Waals surface area contributed by atoms with Crippen LogP contribution in [0.5, 0.6) is 5.75 Å². The maximum absolute atomic E-state index is 12.4. The fraction of sp³-hybridized carbons (Fsp3) is 0.556. The zero-order valence-corrected chi connectivity index (χ0v) is 14.5. The smallest absolute Gasteiger partial charge is 0.319 e. The highest BCUT2D eigenvalue weighted by Crippen LogP contribution is 2.22. The van der Waals surface area contributed by atoms with Gasteiger partial charge < -0.3 is 20.3 Å². The van der Waals surface area contributed by atoms with Crippen molar-refractivity contribution in [3.8, 4) is 5.75 Å². The molecule has 1 aromatic rings. The Balaban J connectivity index is 1.79. The summed E-state index contributed by atoms with van der Waals surface area (Å²) in [6, 6.07) is 6.97. The normalized spacial score (nSPS) is 14.8. The molecule has 132 valence electrons. The molecule has 6 nitrogen and oxygen atoms in total. The van der Waals surface area contributed by atoms with Gasteiger partial charge in [0.1, 0.15) is 5.75 Å². The van der Waals surface area contributed by atoms with Crippen molar-refractivity contribution in [1.82, 2.24) is 10.2 Å². The first kappa shape index (κ1) is 18.1. The van der Waals surface area contributed by atoms with E-state index in [0.29, 0.717) is 18.3 Å². The molecule has 0 radical (unpaired) electrons. The van der Waals surface area contributed by atoms with E-state index in [-0.39, 0.29) is 18.5 Å². The summed E-state index contributed by atoms with van der Waals surface area (Å²) in [6.07, 6.45) is 5.75. The molecule has 0 heterocycles. The fourth-order valence-electron chi connectivity index (χ4n) is 3.14. The lowest BCUT2D eigenvalue weighted by Gasteiger charge is -2.33. The lowest BCUT2D eigenvalue weighted by molar-refractivity contribution is -0.132. The van der Waals surface area contributed by atoms with E-state index in [4.69, 9.17) is 4.74 Å². The second-order valence-electron chi connectivity index (χ2n) is 6.01. The highest BCUT2D eigenvalue weighted by molar-refractivity contribution is 5.92. The quantitative estimate of drug-likeness (QED) is 0.841. The average molecular weight is 333 g/mol. The number of ether oxygens (including phenoxy) is 1. The number of likely N-dealkylation sites (N-methyl/N-ethyl adjacent to an activating group) is 1. The van der Waals surface area contributed by atoms with Gasteiger partial charge in [-0.1, -0.05) is 19.3 Å². The van der Waals surface area contributed by atoms with E-state index in [9.17, 15) is 9.59 Å². The highest BCUT2D eigenvalue weighted by atomic mass is 16.5. The first-order valence-corrected chi connectivity index (χ1v) is 8.62. The summed E-state index contributed by atoms with van der Waals surface area (Å²) in [5, 5.41) is 5.35. The van der Waals surface area contributed by atoms with Crippen molar-refractivity contribution in [2.75, 3.05) is 25.5 Å². The second kappa shape index (κ2) is 9.15. The van der Waals surface area contributed by atoms with Gasteiger partial charge in [-0.05, 0) is 44.0 Å². The summed E-state index contributed by atoms with van der Waals surface area (Å²) in [7, 11) is 1.59. The van der Waals surface area contributed by atoms with Gasteiger partial charge in [0, 0.05) is 18.3 Å². The molecule has 0 aliphatic heterocycles. The number of carbonyl (C=O) groups excluding carboxylic acids is 2. The van der Waals surface area contributed by atoms with Gasteiger partial charge >= 0.3 is 6.03 Å². The molecular formula is C18H27N3O3. The van der Waals surface area contributed by atoms with Crippen LogP contribution < -0.4 is 15.4 Å². The third-order valence-corrected chi connectivity index (χ3v) is 4.42. The Labute approximate surface area is 143 Å². The molecule has 0 unspecified atom stereocenters. The molecule has 0 aromatic heterocycles. The topological polar surface area (TPSA) is 70.7 Å². The van der Waals surface area contributed by atoms with E-state index < -0.39 is 0 Å². The minimum atomic E-state index is -0.381. The standard InChI is InChI=1S/C18H27N3O3/c1-3-21(15-7-5-4-6-8-15)17(22)13-19-18(23)20-14-9-11-16(24-2)12-10-14/h9-12,15H,3-8,13H2,1-2H3,(H2,19,20,23). The number of nitrogens with one attached hydrogen (secondary N) is 2. The Morgan fingerprint density at radius 2 is 1.83 bits per heavy atom. The molecule has 1 fully saturated rings. The van der Waals surface area contributed by atoms with E-state index in [1.807, 2.05) is 11.8 Å². The van der Waals surface area contributed by atoms with Crippen molar-refractivity contribution in [1.29, 1.82) is 0 Å². The number of urea groups is 1. The zero-order valence-electron chi connectivity index (χ0n) is 14.5. The summed E-state index contributed by atoms with van der Waals surface area (Å²) >= 11 is 0. The first-order chi connectivity index (χ1) is 11.6. The molecule has 2 rings (SSSR count). The first-order valence-electron chi connectivity index (χ1n) is 8.62. The van der Waals surface area contributed by atoms with Gasteiger partial charge in [-0.25, -0.2) is 4.79 Å². The van der Waals surface area contributed by atoms with Crippen molar-refractivity contribution in [2.24, 2.45) is 0 Å². The van der Waals surface area contributed by atoms with Crippen LogP contribution in [0.25, 0.3) is 0 Å². The number of methoxy groups -OCH3 is 1. The van der Waals surface area contributed by atoms with E-state index in [1.165, 1.54) is 19.3 Å². The van der Waals surface area contributed by atoms with Crippen molar-refractivity contribution in [3.05, 3.63) is 24.3 Å². The average Bonchev–Trinajstić information content (AvgIpc) is 2.62. The Kier molecular flexibility index (Phi) is 6.90. The number of hydrogen-bond donors (Lipinski definition) is 2. The van der Waals surface area contributed by atoms with Gasteiger partial charge in [-0.3, -0.25) is 4.79 Å². The second-order valence-corrected chi connectivity index (χ2v) is 6.01. The van der Waals surface area contributed by atoms with Gasteiger partial charge in [0.25, 0.3) is 0 Å². The number of amides is 3. The fourth-order valence-corrected chi connectivity index (χ4v) is 3.14. The predicted octanol–water partition coefficient (Wildman–Crippen LogP) is 3.00. The summed E-state index contributed by atoms with van der Waals surface area (Å²) in [4.78, 5) is 26.2. The molecule has 2 N–H and O–H groups in total. The van der Waals surface area contributed by atoms with Gasteiger partial charge in [-0.2, -0.15) is 0 Å². The van der Waals surface area contributed by atoms with Crippen LogP contribution in [0.15, 0.2) is 24.3 Å². The maximum Gasteiger partial charge on any atom is 0.319 e. The lowest BCUT2D eigenvalue weighted by atomic mass is 9.94. The Bertz CT molecular complexity index is 539. The number of anilines is 1. The van der Waals surface area contributed by atoms with Gasteiger partial charge in [-0.15, -0.1) is 0 Å². The molecule has 3 amide bonds. The molecule has 1 aliphatic rings. The number of rotatable bonds is 6. The summed E-state index contributed by atoms with van der Waals surface area (Å²) < 4.78 is 5.07. The van der Waals surface area contributed by atoms with Gasteiger partial charge in [0.05, 0.1) is 13.7 Å². The SMILES string of the molecule is CCN(C(=O)CNC(=O)Nc1ccc(OC)cc1)C1CCCCC1. The molecule has 0 bridgehead atoms. The van der Waals surface area contributed by atoms with E-state index in [1.54, 1.807) is 31.4 Å². The van der Waals surface area contributed by atoms with Crippen molar-refractivity contribution >= 4 is 17.6 Å². The minimum absolute atomic E-state index is 0.0192. The summed E-state index contributed by atoms with van der Waals surface area (Å²) in [5.41, 5.74) is 0.653. The molecule has 1 aromatic carbocycles. The third-order valence-electron chi connectivity index (χ3n) is 4.42. The molecule has 1 saturated carbocycles. The van der Waals surface area contributed by atoms with Crippen LogP contribution in [0.3, 0.4) is 0 Å². The number of nitrogens with zero attached hydrogens (tertiary/aromatic N) is 1. The zero-order chi connectivity index (χ0) is 17.4. The Morgan fingerprint density at radius 3 is 2.42 bits per heavy atom. The molecule has 0 spiro atoms. The molecule has 0 saturated heterocycles.